The van der Waals surface area contributed by atoms with E-state index in [2.05, 4.69) is 43.7 Å². The minimum atomic E-state index is 0.172. The van der Waals surface area contributed by atoms with Gasteiger partial charge in [-0.1, -0.05) is 20.8 Å². The van der Waals surface area contributed by atoms with E-state index in [-0.39, 0.29) is 5.41 Å². The average molecular weight is 188 g/mol. The standard InChI is InChI=1S/C12H16N2/c1-8-6-13-7-9-5-10(12(2,3)4)14-11(8)9/h5-7,14H,1-4H3. The van der Waals surface area contributed by atoms with Gasteiger partial charge < -0.3 is 4.98 Å². The average Bonchev–Trinajstić information content (AvgIpc) is 2.48. The molecule has 14 heavy (non-hydrogen) atoms. The van der Waals surface area contributed by atoms with Crippen LogP contribution in [0.3, 0.4) is 0 Å². The van der Waals surface area contributed by atoms with Crippen molar-refractivity contribution in [3.8, 4) is 0 Å². The Morgan fingerprint density at radius 2 is 1.93 bits per heavy atom. The second-order valence-electron chi connectivity index (χ2n) is 4.85. The van der Waals surface area contributed by atoms with Crippen molar-refractivity contribution in [2.24, 2.45) is 0 Å². The zero-order valence-electron chi connectivity index (χ0n) is 9.18. The Morgan fingerprint density at radius 3 is 2.50 bits per heavy atom. The molecule has 0 spiro atoms. The molecule has 2 rings (SSSR count). The quantitative estimate of drug-likeness (QED) is 0.676. The molecule has 0 radical (unpaired) electrons. The monoisotopic (exact) mass is 188 g/mol. The number of fused-ring (bicyclic) bond motifs is 1. The smallest absolute Gasteiger partial charge is 0.0517 e. The fourth-order valence-electron chi connectivity index (χ4n) is 1.60. The van der Waals surface area contributed by atoms with Crippen molar-refractivity contribution in [3.63, 3.8) is 0 Å². The third kappa shape index (κ3) is 1.41. The lowest BCUT2D eigenvalue weighted by molar-refractivity contribution is 0.574. The molecule has 0 unspecified atom stereocenters. The molecule has 0 saturated heterocycles. The first-order chi connectivity index (χ1) is 6.48. The molecule has 2 nitrogen and oxygen atoms in total. The van der Waals surface area contributed by atoms with E-state index in [0.717, 1.165) is 0 Å². The number of rotatable bonds is 0. The zero-order valence-corrected chi connectivity index (χ0v) is 9.18. The molecule has 2 heterocycles. The summed E-state index contributed by atoms with van der Waals surface area (Å²) in [5.74, 6) is 0. The lowest BCUT2D eigenvalue weighted by atomic mass is 9.92. The van der Waals surface area contributed by atoms with Gasteiger partial charge in [0.05, 0.1) is 5.52 Å². The zero-order chi connectivity index (χ0) is 10.3. The van der Waals surface area contributed by atoms with Crippen LogP contribution in [0.25, 0.3) is 10.9 Å². The Hall–Kier alpha value is -1.31. The van der Waals surface area contributed by atoms with Crippen molar-refractivity contribution in [2.75, 3.05) is 0 Å². The molecule has 2 aromatic rings. The molecule has 1 N–H and O–H groups in total. The molecule has 0 aromatic carbocycles. The van der Waals surface area contributed by atoms with Gasteiger partial charge in [0.25, 0.3) is 0 Å². The van der Waals surface area contributed by atoms with Crippen LogP contribution in [0.4, 0.5) is 0 Å². The van der Waals surface area contributed by atoms with Crippen molar-refractivity contribution >= 4 is 10.9 Å². The number of aromatic amines is 1. The number of nitrogens with one attached hydrogen (secondary N) is 1. The molecular weight excluding hydrogens is 172 g/mol. The summed E-state index contributed by atoms with van der Waals surface area (Å²) in [5, 5.41) is 1.20. The normalized spacial score (nSPS) is 12.3. The Balaban J connectivity index is 2.69. The molecule has 2 aromatic heterocycles. The van der Waals surface area contributed by atoms with Crippen molar-refractivity contribution in [1.29, 1.82) is 0 Å². The topological polar surface area (TPSA) is 28.7 Å². The first kappa shape index (κ1) is 9.25. The van der Waals surface area contributed by atoms with Crippen LogP contribution in [0.15, 0.2) is 18.5 Å². The number of pyridine rings is 1. The van der Waals surface area contributed by atoms with Gasteiger partial charge in [-0.05, 0) is 18.6 Å². The van der Waals surface area contributed by atoms with Crippen LogP contribution in [0, 0.1) is 6.92 Å². The van der Waals surface area contributed by atoms with Gasteiger partial charge in [0, 0.05) is 28.9 Å². The summed E-state index contributed by atoms with van der Waals surface area (Å²) in [6.45, 7) is 8.71. The maximum Gasteiger partial charge on any atom is 0.0517 e. The summed E-state index contributed by atoms with van der Waals surface area (Å²) < 4.78 is 0. The summed E-state index contributed by atoms with van der Waals surface area (Å²) >= 11 is 0. The van der Waals surface area contributed by atoms with E-state index in [1.54, 1.807) is 0 Å². The van der Waals surface area contributed by atoms with Crippen molar-refractivity contribution in [1.82, 2.24) is 9.97 Å². The molecule has 0 amide bonds. The molecule has 0 fully saturated rings. The van der Waals surface area contributed by atoms with Crippen molar-refractivity contribution < 1.29 is 0 Å². The van der Waals surface area contributed by atoms with Crippen LogP contribution in [0.1, 0.15) is 32.0 Å². The number of aryl methyl sites for hydroxylation is 1. The lowest BCUT2D eigenvalue weighted by Crippen LogP contribution is -2.11. The van der Waals surface area contributed by atoms with Gasteiger partial charge in [0.2, 0.25) is 0 Å². The van der Waals surface area contributed by atoms with Gasteiger partial charge in [-0.3, -0.25) is 4.98 Å². The van der Waals surface area contributed by atoms with Crippen LogP contribution in [-0.2, 0) is 5.41 Å². The van der Waals surface area contributed by atoms with Gasteiger partial charge in [0.1, 0.15) is 0 Å². The second-order valence-corrected chi connectivity index (χ2v) is 4.85. The Bertz CT molecular complexity index is 461. The van der Waals surface area contributed by atoms with Crippen molar-refractivity contribution in [3.05, 3.63) is 29.7 Å². The first-order valence-corrected chi connectivity index (χ1v) is 4.92. The molecular formula is C12H16N2. The highest BCUT2D eigenvalue weighted by Crippen LogP contribution is 2.26. The fourth-order valence-corrected chi connectivity index (χ4v) is 1.60. The summed E-state index contributed by atoms with van der Waals surface area (Å²) in [4.78, 5) is 7.65. The van der Waals surface area contributed by atoms with E-state index >= 15 is 0 Å². The van der Waals surface area contributed by atoms with E-state index in [1.165, 1.54) is 22.2 Å². The maximum absolute atomic E-state index is 4.19. The van der Waals surface area contributed by atoms with Crippen LogP contribution in [-0.4, -0.2) is 9.97 Å². The Morgan fingerprint density at radius 1 is 1.21 bits per heavy atom. The highest BCUT2D eigenvalue weighted by molar-refractivity contribution is 5.82. The molecule has 0 saturated carbocycles. The minimum Gasteiger partial charge on any atom is -0.358 e. The summed E-state index contributed by atoms with van der Waals surface area (Å²) in [7, 11) is 0. The molecule has 0 bridgehead atoms. The fraction of sp³-hybridized carbons (Fsp3) is 0.417. The van der Waals surface area contributed by atoms with E-state index in [0.29, 0.717) is 0 Å². The number of hydrogen-bond donors (Lipinski definition) is 1. The van der Waals surface area contributed by atoms with Crippen LogP contribution in [0.5, 0.6) is 0 Å². The van der Waals surface area contributed by atoms with Gasteiger partial charge in [-0.15, -0.1) is 0 Å². The largest absolute Gasteiger partial charge is 0.358 e. The molecule has 0 aliphatic heterocycles. The summed E-state index contributed by atoms with van der Waals surface area (Å²) in [6, 6.07) is 2.19. The number of nitrogens with zero attached hydrogens (tertiary/aromatic N) is 1. The number of H-pyrrole nitrogens is 1. The summed E-state index contributed by atoms with van der Waals surface area (Å²) in [6.07, 6.45) is 3.80. The first-order valence-electron chi connectivity index (χ1n) is 4.92. The maximum atomic E-state index is 4.19. The third-order valence-corrected chi connectivity index (χ3v) is 2.53. The Kier molecular flexibility index (Phi) is 1.88. The van der Waals surface area contributed by atoms with E-state index in [1.807, 2.05) is 12.4 Å². The lowest BCUT2D eigenvalue weighted by Gasteiger charge is -2.15. The predicted molar refractivity (Wildman–Crippen MR) is 59.5 cm³/mol. The molecule has 74 valence electrons. The predicted octanol–water partition coefficient (Wildman–Crippen LogP) is 3.17. The van der Waals surface area contributed by atoms with Gasteiger partial charge >= 0.3 is 0 Å². The van der Waals surface area contributed by atoms with Crippen LogP contribution < -0.4 is 0 Å². The van der Waals surface area contributed by atoms with E-state index in [4.69, 9.17) is 0 Å². The number of hydrogen-bond acceptors (Lipinski definition) is 1. The van der Waals surface area contributed by atoms with Crippen LogP contribution >= 0.6 is 0 Å². The van der Waals surface area contributed by atoms with Crippen LogP contribution in [0.2, 0.25) is 0 Å². The van der Waals surface area contributed by atoms with Gasteiger partial charge in [-0.25, -0.2) is 0 Å². The molecule has 0 aliphatic carbocycles. The third-order valence-electron chi connectivity index (χ3n) is 2.53. The van der Waals surface area contributed by atoms with E-state index in [9.17, 15) is 0 Å². The molecule has 0 aliphatic rings. The van der Waals surface area contributed by atoms with Gasteiger partial charge in [-0.2, -0.15) is 0 Å². The highest BCUT2D eigenvalue weighted by Gasteiger charge is 2.16. The molecule has 0 atom stereocenters. The van der Waals surface area contributed by atoms with Crippen molar-refractivity contribution in [2.45, 2.75) is 33.1 Å². The van der Waals surface area contributed by atoms with Gasteiger partial charge in [0.15, 0.2) is 0 Å². The Labute approximate surface area is 84.4 Å². The highest BCUT2D eigenvalue weighted by atomic mass is 14.8. The SMILES string of the molecule is Cc1cncc2cc(C(C)(C)C)[nH]c12. The number of aromatic nitrogens is 2. The second kappa shape index (κ2) is 2.84. The summed E-state index contributed by atoms with van der Waals surface area (Å²) in [5.41, 5.74) is 3.86. The van der Waals surface area contributed by atoms with E-state index < -0.39 is 0 Å². The minimum absolute atomic E-state index is 0.172. The molecule has 2 heteroatoms.